The van der Waals surface area contributed by atoms with Crippen molar-refractivity contribution in [3.05, 3.63) is 45.3 Å². The van der Waals surface area contributed by atoms with Gasteiger partial charge in [0.05, 0.1) is 15.7 Å². The van der Waals surface area contributed by atoms with Gasteiger partial charge in [0.15, 0.2) is 5.75 Å². The van der Waals surface area contributed by atoms with E-state index in [2.05, 4.69) is 5.16 Å². The van der Waals surface area contributed by atoms with E-state index in [1.807, 2.05) is 25.8 Å². The zero-order valence-corrected chi connectivity index (χ0v) is 14.9. The van der Waals surface area contributed by atoms with Crippen LogP contribution in [0.1, 0.15) is 17.0 Å². The van der Waals surface area contributed by atoms with E-state index in [9.17, 15) is 5.11 Å². The van der Waals surface area contributed by atoms with Crippen LogP contribution in [0.25, 0.3) is 0 Å². The van der Waals surface area contributed by atoms with E-state index in [1.165, 1.54) is 0 Å². The summed E-state index contributed by atoms with van der Waals surface area (Å²) in [5.74, 6) is 1.19. The Morgan fingerprint density at radius 3 is 2.52 bits per heavy atom. The molecule has 23 heavy (non-hydrogen) atoms. The van der Waals surface area contributed by atoms with Crippen LogP contribution >= 0.6 is 23.2 Å². The van der Waals surface area contributed by atoms with Gasteiger partial charge in [0.25, 0.3) is 0 Å². The van der Waals surface area contributed by atoms with Gasteiger partial charge in [-0.25, -0.2) is 0 Å². The van der Waals surface area contributed by atoms with Crippen molar-refractivity contribution in [2.45, 2.75) is 26.5 Å². The summed E-state index contributed by atoms with van der Waals surface area (Å²) in [6, 6.07) is 5.13. The van der Waals surface area contributed by atoms with Gasteiger partial charge in [-0.1, -0.05) is 34.4 Å². The van der Waals surface area contributed by atoms with Gasteiger partial charge in [0.1, 0.15) is 18.5 Å². The van der Waals surface area contributed by atoms with Crippen LogP contribution in [-0.4, -0.2) is 41.5 Å². The molecule has 126 valence electrons. The van der Waals surface area contributed by atoms with Crippen LogP contribution in [0.2, 0.25) is 10.0 Å². The molecule has 0 spiro atoms. The van der Waals surface area contributed by atoms with E-state index < -0.39 is 6.10 Å². The SMILES string of the molecule is Cc1noc(C)c1CN(C)CC(O)COc1c(Cl)cccc1Cl. The highest BCUT2D eigenvalue weighted by Crippen LogP contribution is 2.32. The second-order valence-corrected chi connectivity index (χ2v) is 6.33. The third-order valence-corrected chi connectivity index (χ3v) is 4.07. The normalized spacial score (nSPS) is 12.7. The number of nitrogens with zero attached hydrogens (tertiary/aromatic N) is 2. The van der Waals surface area contributed by atoms with Gasteiger partial charge < -0.3 is 14.4 Å². The van der Waals surface area contributed by atoms with Crippen LogP contribution in [0.5, 0.6) is 5.75 Å². The Hall–Kier alpha value is -1.27. The Bertz CT molecular complexity index is 621. The van der Waals surface area contributed by atoms with Gasteiger partial charge >= 0.3 is 0 Å². The molecule has 0 fully saturated rings. The molecule has 0 saturated carbocycles. The minimum absolute atomic E-state index is 0.107. The smallest absolute Gasteiger partial charge is 0.156 e. The summed E-state index contributed by atoms with van der Waals surface area (Å²) in [6.07, 6.45) is -0.673. The molecule has 5 nitrogen and oxygen atoms in total. The maximum Gasteiger partial charge on any atom is 0.156 e. The van der Waals surface area contributed by atoms with Crippen molar-refractivity contribution in [1.82, 2.24) is 10.1 Å². The summed E-state index contributed by atoms with van der Waals surface area (Å²) >= 11 is 12.1. The molecule has 0 amide bonds. The quantitative estimate of drug-likeness (QED) is 0.820. The van der Waals surface area contributed by atoms with Gasteiger partial charge in [0, 0.05) is 18.7 Å². The molecule has 0 saturated heterocycles. The average Bonchev–Trinajstić information content (AvgIpc) is 2.78. The summed E-state index contributed by atoms with van der Waals surface area (Å²) < 4.78 is 10.7. The fourth-order valence-corrected chi connectivity index (χ4v) is 2.78. The van der Waals surface area contributed by atoms with Crippen LogP contribution in [0.4, 0.5) is 0 Å². The Kier molecular flexibility index (Phi) is 6.30. The van der Waals surface area contributed by atoms with E-state index in [1.54, 1.807) is 18.2 Å². The van der Waals surface area contributed by atoms with Crippen LogP contribution in [-0.2, 0) is 6.54 Å². The fourth-order valence-electron chi connectivity index (χ4n) is 2.27. The molecule has 1 aromatic carbocycles. The zero-order chi connectivity index (χ0) is 17.0. The molecular formula is C16H20Cl2N2O3. The Labute approximate surface area is 145 Å². The summed E-state index contributed by atoms with van der Waals surface area (Å²) in [4.78, 5) is 1.98. The van der Waals surface area contributed by atoms with Crippen molar-refractivity contribution in [1.29, 1.82) is 0 Å². The molecule has 0 aliphatic rings. The highest BCUT2D eigenvalue weighted by molar-refractivity contribution is 6.37. The van der Waals surface area contributed by atoms with E-state index in [-0.39, 0.29) is 6.61 Å². The maximum atomic E-state index is 10.1. The lowest BCUT2D eigenvalue weighted by molar-refractivity contribution is 0.0743. The predicted molar refractivity (Wildman–Crippen MR) is 90.3 cm³/mol. The molecule has 0 radical (unpaired) electrons. The second kappa shape index (κ2) is 8.02. The van der Waals surface area contributed by atoms with E-state index in [0.29, 0.717) is 28.9 Å². The van der Waals surface area contributed by atoms with Gasteiger partial charge in [-0.05, 0) is 33.0 Å². The number of ether oxygens (including phenoxy) is 1. The first kappa shape index (κ1) is 18.1. The van der Waals surface area contributed by atoms with Crippen LogP contribution in [0, 0.1) is 13.8 Å². The van der Waals surface area contributed by atoms with Crippen molar-refractivity contribution in [3.63, 3.8) is 0 Å². The van der Waals surface area contributed by atoms with Gasteiger partial charge in [-0.15, -0.1) is 0 Å². The predicted octanol–water partition coefficient (Wildman–Crippen LogP) is 3.47. The summed E-state index contributed by atoms with van der Waals surface area (Å²) in [6.45, 7) is 4.97. The monoisotopic (exact) mass is 358 g/mol. The molecule has 7 heteroatoms. The average molecular weight is 359 g/mol. The molecule has 2 aromatic rings. The zero-order valence-electron chi connectivity index (χ0n) is 13.3. The molecule has 1 unspecified atom stereocenters. The van der Waals surface area contributed by atoms with E-state index in [4.69, 9.17) is 32.5 Å². The lowest BCUT2D eigenvalue weighted by Crippen LogP contribution is -2.33. The number of rotatable bonds is 7. The highest BCUT2D eigenvalue weighted by Gasteiger charge is 2.15. The molecule has 1 atom stereocenters. The number of halogens is 2. The molecule has 1 aromatic heterocycles. The van der Waals surface area contributed by atoms with Crippen molar-refractivity contribution < 1.29 is 14.4 Å². The molecule has 1 N–H and O–H groups in total. The lowest BCUT2D eigenvalue weighted by atomic mass is 10.2. The molecule has 0 aliphatic heterocycles. The van der Waals surface area contributed by atoms with Crippen molar-refractivity contribution in [2.75, 3.05) is 20.2 Å². The largest absolute Gasteiger partial charge is 0.488 e. The van der Waals surface area contributed by atoms with Gasteiger partial charge in [-0.2, -0.15) is 0 Å². The van der Waals surface area contributed by atoms with Crippen LogP contribution < -0.4 is 4.74 Å². The van der Waals surface area contributed by atoms with Crippen molar-refractivity contribution in [3.8, 4) is 5.75 Å². The number of likely N-dealkylation sites (N-methyl/N-ethyl adjacent to an activating group) is 1. The van der Waals surface area contributed by atoms with Crippen molar-refractivity contribution >= 4 is 23.2 Å². The van der Waals surface area contributed by atoms with Crippen LogP contribution in [0.3, 0.4) is 0 Å². The Morgan fingerprint density at radius 2 is 1.96 bits per heavy atom. The minimum Gasteiger partial charge on any atom is -0.488 e. The second-order valence-electron chi connectivity index (χ2n) is 5.52. The first-order chi connectivity index (χ1) is 10.9. The Morgan fingerprint density at radius 1 is 1.30 bits per heavy atom. The number of aryl methyl sites for hydroxylation is 2. The topological polar surface area (TPSA) is 58.7 Å². The molecular weight excluding hydrogens is 339 g/mol. The number of benzene rings is 1. The van der Waals surface area contributed by atoms with Crippen LogP contribution in [0.15, 0.2) is 22.7 Å². The van der Waals surface area contributed by atoms with Gasteiger partial charge in [0.2, 0.25) is 0 Å². The molecule has 0 aliphatic carbocycles. The number of hydrogen-bond acceptors (Lipinski definition) is 5. The maximum absolute atomic E-state index is 10.1. The number of aliphatic hydroxyl groups is 1. The third kappa shape index (κ3) is 4.85. The highest BCUT2D eigenvalue weighted by atomic mass is 35.5. The summed E-state index contributed by atoms with van der Waals surface area (Å²) in [7, 11) is 1.91. The third-order valence-electron chi connectivity index (χ3n) is 3.47. The molecule has 0 bridgehead atoms. The first-order valence-electron chi connectivity index (χ1n) is 7.23. The van der Waals surface area contributed by atoms with Crippen molar-refractivity contribution in [2.24, 2.45) is 0 Å². The number of aromatic nitrogens is 1. The fraction of sp³-hybridized carbons (Fsp3) is 0.438. The molecule has 2 rings (SSSR count). The number of aliphatic hydroxyl groups excluding tert-OH is 1. The number of para-hydroxylation sites is 1. The van der Waals surface area contributed by atoms with E-state index >= 15 is 0 Å². The summed E-state index contributed by atoms with van der Waals surface area (Å²) in [5.41, 5.74) is 1.90. The first-order valence-corrected chi connectivity index (χ1v) is 7.99. The minimum atomic E-state index is -0.673. The number of hydrogen-bond donors (Lipinski definition) is 1. The lowest BCUT2D eigenvalue weighted by Gasteiger charge is -2.21. The summed E-state index contributed by atoms with van der Waals surface area (Å²) in [5, 5.41) is 14.9. The standard InChI is InChI=1S/C16H20Cl2N2O3/c1-10-13(11(2)23-19-10)8-20(3)7-12(21)9-22-16-14(17)5-4-6-15(16)18/h4-6,12,21H,7-9H2,1-3H3. The Balaban J connectivity index is 1.86. The van der Waals surface area contributed by atoms with E-state index in [0.717, 1.165) is 17.0 Å². The van der Waals surface area contributed by atoms with Gasteiger partial charge in [-0.3, -0.25) is 4.90 Å². The molecule has 1 heterocycles.